The van der Waals surface area contributed by atoms with Crippen molar-refractivity contribution in [1.29, 1.82) is 0 Å². The molecule has 14 heavy (non-hydrogen) atoms. The van der Waals surface area contributed by atoms with Gasteiger partial charge in [-0.25, -0.2) is 4.39 Å². The zero-order valence-electron chi connectivity index (χ0n) is 8.75. The first-order valence-corrected chi connectivity index (χ1v) is 4.69. The highest BCUT2D eigenvalue weighted by Gasteiger charge is 2.11. The molecule has 0 fully saturated rings. The third-order valence-corrected chi connectivity index (χ3v) is 2.14. The van der Waals surface area contributed by atoms with Gasteiger partial charge in [0.2, 0.25) is 0 Å². The molecule has 1 aromatic rings. The molecule has 2 unspecified atom stereocenters. The number of benzene rings is 1. The highest BCUT2D eigenvalue weighted by Crippen LogP contribution is 2.20. The van der Waals surface area contributed by atoms with E-state index in [0.717, 1.165) is 5.56 Å². The van der Waals surface area contributed by atoms with Crippen LogP contribution in [-0.2, 0) is 0 Å². The molecule has 0 aromatic heterocycles. The Kier molecular flexibility index (Phi) is 3.47. The van der Waals surface area contributed by atoms with E-state index < -0.39 is 0 Å². The predicted molar refractivity (Wildman–Crippen MR) is 54.9 cm³/mol. The smallest absolute Gasteiger partial charge is 0.165 e. The fraction of sp³-hybridized carbons (Fsp3) is 0.455. The number of nitrogens with two attached hydrogens (primary N) is 1. The third-order valence-electron chi connectivity index (χ3n) is 2.14. The molecule has 3 heteroatoms. The molecule has 2 nitrogen and oxygen atoms in total. The molecule has 78 valence electrons. The number of aryl methyl sites for hydroxylation is 1. The zero-order chi connectivity index (χ0) is 10.7. The third kappa shape index (κ3) is 2.70. The average Bonchev–Trinajstić information content (AvgIpc) is 2.11. The number of hydrogen-bond donors (Lipinski definition) is 1. The summed E-state index contributed by atoms with van der Waals surface area (Å²) in [5, 5.41) is 0. The minimum Gasteiger partial charge on any atom is -0.486 e. The first-order chi connectivity index (χ1) is 6.50. The van der Waals surface area contributed by atoms with Crippen molar-refractivity contribution in [2.45, 2.75) is 32.9 Å². The molecule has 0 saturated heterocycles. The van der Waals surface area contributed by atoms with Crippen molar-refractivity contribution in [2.75, 3.05) is 0 Å². The molecule has 0 radical (unpaired) electrons. The predicted octanol–water partition coefficient (Wildman–Crippen LogP) is 2.25. The molecular formula is C11H16FNO. The van der Waals surface area contributed by atoms with Crippen LogP contribution >= 0.6 is 0 Å². The van der Waals surface area contributed by atoms with Crippen molar-refractivity contribution in [3.63, 3.8) is 0 Å². The fourth-order valence-corrected chi connectivity index (χ4v) is 1.01. The van der Waals surface area contributed by atoms with Crippen LogP contribution in [0.5, 0.6) is 5.75 Å². The van der Waals surface area contributed by atoms with Crippen LogP contribution in [0.15, 0.2) is 18.2 Å². The van der Waals surface area contributed by atoms with Crippen LogP contribution in [0.2, 0.25) is 0 Å². The van der Waals surface area contributed by atoms with Crippen LogP contribution in [-0.4, -0.2) is 12.1 Å². The van der Waals surface area contributed by atoms with E-state index >= 15 is 0 Å². The standard InChI is InChI=1S/C11H16FNO/c1-7-4-5-10(12)11(6-7)14-9(3)8(2)13/h4-6,8-9H,13H2,1-3H3. The fourth-order valence-electron chi connectivity index (χ4n) is 1.01. The summed E-state index contributed by atoms with van der Waals surface area (Å²) in [7, 11) is 0. The summed E-state index contributed by atoms with van der Waals surface area (Å²) >= 11 is 0. The van der Waals surface area contributed by atoms with E-state index in [-0.39, 0.29) is 23.7 Å². The van der Waals surface area contributed by atoms with Gasteiger partial charge in [0.1, 0.15) is 6.10 Å². The van der Waals surface area contributed by atoms with E-state index in [0.29, 0.717) is 0 Å². The number of hydrogen-bond acceptors (Lipinski definition) is 2. The summed E-state index contributed by atoms with van der Waals surface area (Å²) in [6, 6.07) is 4.67. The minimum absolute atomic E-state index is 0.116. The number of ether oxygens (including phenoxy) is 1. The minimum atomic E-state index is -0.344. The molecule has 0 spiro atoms. The molecular weight excluding hydrogens is 181 g/mol. The van der Waals surface area contributed by atoms with E-state index in [1.165, 1.54) is 6.07 Å². The summed E-state index contributed by atoms with van der Waals surface area (Å²) in [6.07, 6.45) is -0.189. The second-order valence-electron chi connectivity index (χ2n) is 3.62. The van der Waals surface area contributed by atoms with Gasteiger partial charge in [-0.15, -0.1) is 0 Å². The summed E-state index contributed by atoms with van der Waals surface area (Å²) in [5.41, 5.74) is 6.60. The molecule has 2 N–H and O–H groups in total. The van der Waals surface area contributed by atoms with Gasteiger partial charge >= 0.3 is 0 Å². The quantitative estimate of drug-likeness (QED) is 0.806. The van der Waals surface area contributed by atoms with E-state index in [1.807, 2.05) is 20.8 Å². The Labute approximate surface area is 83.9 Å². The summed E-state index contributed by atoms with van der Waals surface area (Å²) in [4.78, 5) is 0. The second-order valence-corrected chi connectivity index (χ2v) is 3.62. The van der Waals surface area contributed by atoms with Crippen molar-refractivity contribution >= 4 is 0 Å². The molecule has 0 heterocycles. The average molecular weight is 197 g/mol. The van der Waals surface area contributed by atoms with Gasteiger partial charge in [0.25, 0.3) is 0 Å². The lowest BCUT2D eigenvalue weighted by molar-refractivity contribution is 0.188. The van der Waals surface area contributed by atoms with Gasteiger partial charge in [0.15, 0.2) is 11.6 Å². The van der Waals surface area contributed by atoms with Gasteiger partial charge in [0, 0.05) is 6.04 Å². The van der Waals surface area contributed by atoms with Crippen LogP contribution in [0.3, 0.4) is 0 Å². The molecule has 0 saturated carbocycles. The van der Waals surface area contributed by atoms with Crippen LogP contribution in [0.4, 0.5) is 4.39 Å². The van der Waals surface area contributed by atoms with Crippen molar-refractivity contribution in [3.8, 4) is 5.75 Å². The lowest BCUT2D eigenvalue weighted by Gasteiger charge is -2.18. The Balaban J connectivity index is 2.80. The van der Waals surface area contributed by atoms with Crippen LogP contribution in [0, 0.1) is 12.7 Å². The SMILES string of the molecule is Cc1ccc(F)c(OC(C)C(C)N)c1. The maximum Gasteiger partial charge on any atom is 0.165 e. The largest absolute Gasteiger partial charge is 0.486 e. The maximum absolute atomic E-state index is 13.2. The Hall–Kier alpha value is -1.09. The van der Waals surface area contributed by atoms with Crippen LogP contribution in [0.25, 0.3) is 0 Å². The molecule has 0 amide bonds. The maximum atomic E-state index is 13.2. The number of halogens is 1. The highest BCUT2D eigenvalue weighted by molar-refractivity contribution is 5.29. The van der Waals surface area contributed by atoms with Crippen molar-refractivity contribution in [1.82, 2.24) is 0 Å². The van der Waals surface area contributed by atoms with Crippen molar-refractivity contribution in [3.05, 3.63) is 29.6 Å². The Morgan fingerprint density at radius 3 is 2.57 bits per heavy atom. The van der Waals surface area contributed by atoms with Gasteiger partial charge in [-0.2, -0.15) is 0 Å². The van der Waals surface area contributed by atoms with E-state index in [9.17, 15) is 4.39 Å². The van der Waals surface area contributed by atoms with Gasteiger partial charge in [-0.05, 0) is 38.5 Å². The lowest BCUT2D eigenvalue weighted by atomic mass is 10.2. The van der Waals surface area contributed by atoms with Gasteiger partial charge in [-0.1, -0.05) is 6.07 Å². The molecule has 0 bridgehead atoms. The van der Waals surface area contributed by atoms with Crippen molar-refractivity contribution in [2.24, 2.45) is 5.73 Å². The monoisotopic (exact) mass is 197 g/mol. The van der Waals surface area contributed by atoms with Gasteiger partial charge in [0.05, 0.1) is 0 Å². The zero-order valence-corrected chi connectivity index (χ0v) is 8.75. The summed E-state index contributed by atoms with van der Waals surface area (Å²) in [5.74, 6) is -0.0714. The Morgan fingerprint density at radius 2 is 2.00 bits per heavy atom. The Morgan fingerprint density at radius 1 is 1.36 bits per heavy atom. The van der Waals surface area contributed by atoms with Crippen LogP contribution < -0.4 is 10.5 Å². The second kappa shape index (κ2) is 4.42. The van der Waals surface area contributed by atoms with E-state index in [4.69, 9.17) is 10.5 Å². The van der Waals surface area contributed by atoms with Crippen LogP contribution in [0.1, 0.15) is 19.4 Å². The Bertz CT molecular complexity index is 312. The molecule has 0 aliphatic rings. The van der Waals surface area contributed by atoms with Gasteiger partial charge in [-0.3, -0.25) is 0 Å². The first-order valence-electron chi connectivity index (χ1n) is 4.69. The lowest BCUT2D eigenvalue weighted by Crippen LogP contribution is -2.33. The van der Waals surface area contributed by atoms with Gasteiger partial charge < -0.3 is 10.5 Å². The summed E-state index contributed by atoms with van der Waals surface area (Å²) < 4.78 is 18.6. The molecule has 0 aliphatic heterocycles. The normalized spacial score (nSPS) is 14.9. The topological polar surface area (TPSA) is 35.2 Å². The number of rotatable bonds is 3. The summed E-state index contributed by atoms with van der Waals surface area (Å²) in [6.45, 7) is 5.55. The highest BCUT2D eigenvalue weighted by atomic mass is 19.1. The first kappa shape index (κ1) is 11.0. The van der Waals surface area contributed by atoms with E-state index in [2.05, 4.69) is 0 Å². The molecule has 1 aromatic carbocycles. The molecule has 1 rings (SSSR count). The molecule has 2 atom stereocenters. The molecule has 0 aliphatic carbocycles. The van der Waals surface area contributed by atoms with Crippen molar-refractivity contribution < 1.29 is 9.13 Å². The van der Waals surface area contributed by atoms with E-state index in [1.54, 1.807) is 12.1 Å².